The molecule has 3 heteroatoms. The number of fused-ring (bicyclic) bond motifs is 1. The van der Waals surface area contributed by atoms with Gasteiger partial charge >= 0.3 is 0 Å². The molecule has 0 aliphatic heterocycles. The summed E-state index contributed by atoms with van der Waals surface area (Å²) in [5, 5.41) is 3.62. The maximum Gasteiger partial charge on any atom is 0.0949 e. The quantitative estimate of drug-likeness (QED) is 0.783. The van der Waals surface area contributed by atoms with E-state index in [0.29, 0.717) is 0 Å². The highest BCUT2D eigenvalue weighted by atomic mass is 32.1. The molecule has 0 saturated heterocycles. The zero-order valence-corrected chi connectivity index (χ0v) is 12.6. The third-order valence-corrected chi connectivity index (χ3v) is 4.76. The van der Waals surface area contributed by atoms with E-state index in [1.165, 1.54) is 21.2 Å². The summed E-state index contributed by atoms with van der Waals surface area (Å²) >= 11 is 1.75. The minimum Gasteiger partial charge on any atom is -0.324 e. The maximum absolute atomic E-state index is 6.34. The molecule has 0 spiro atoms. The Labute approximate surface area is 123 Å². The lowest BCUT2D eigenvalue weighted by Gasteiger charge is -2.11. The number of aromatic nitrogens is 1. The third-order valence-electron chi connectivity index (χ3n) is 3.67. The smallest absolute Gasteiger partial charge is 0.0949 e. The second kappa shape index (κ2) is 5.35. The lowest BCUT2D eigenvalue weighted by Crippen LogP contribution is -2.13. The Bertz CT molecular complexity index is 726. The van der Waals surface area contributed by atoms with Crippen molar-refractivity contribution in [3.63, 3.8) is 0 Å². The van der Waals surface area contributed by atoms with Gasteiger partial charge in [0.2, 0.25) is 0 Å². The normalized spacial score (nSPS) is 12.8. The van der Waals surface area contributed by atoms with Gasteiger partial charge < -0.3 is 5.73 Å². The van der Waals surface area contributed by atoms with Gasteiger partial charge in [-0.25, -0.2) is 4.98 Å². The van der Waals surface area contributed by atoms with Gasteiger partial charge in [-0.1, -0.05) is 36.4 Å². The summed E-state index contributed by atoms with van der Waals surface area (Å²) in [5.74, 6) is 0. The van der Waals surface area contributed by atoms with Crippen molar-refractivity contribution in [1.29, 1.82) is 0 Å². The van der Waals surface area contributed by atoms with Crippen LogP contribution in [0.25, 0.3) is 10.8 Å². The molecular weight excluding hydrogens is 264 g/mol. The number of benzene rings is 2. The van der Waals surface area contributed by atoms with E-state index in [-0.39, 0.29) is 6.04 Å². The van der Waals surface area contributed by atoms with Crippen LogP contribution < -0.4 is 5.73 Å². The second-order valence-electron chi connectivity index (χ2n) is 5.17. The minimum atomic E-state index is 0.00422. The van der Waals surface area contributed by atoms with Gasteiger partial charge in [0.05, 0.1) is 10.7 Å². The standard InChI is InChI=1S/C17H18N2S/c1-11-12(2)20-17(19-11)10-16(18)15-8-7-13-5-3-4-6-14(13)9-15/h3-9,16H,10,18H2,1-2H3. The first kappa shape index (κ1) is 13.3. The zero-order valence-electron chi connectivity index (χ0n) is 11.8. The van der Waals surface area contributed by atoms with Crippen LogP contribution in [-0.2, 0) is 6.42 Å². The predicted molar refractivity (Wildman–Crippen MR) is 86.2 cm³/mol. The lowest BCUT2D eigenvalue weighted by atomic mass is 10.0. The van der Waals surface area contributed by atoms with Crippen LogP contribution >= 0.6 is 11.3 Å². The fraction of sp³-hybridized carbons (Fsp3) is 0.235. The lowest BCUT2D eigenvalue weighted by molar-refractivity contribution is 0.718. The van der Waals surface area contributed by atoms with Gasteiger partial charge in [0.25, 0.3) is 0 Å². The molecule has 1 heterocycles. The number of nitrogens with zero attached hydrogens (tertiary/aromatic N) is 1. The van der Waals surface area contributed by atoms with Crippen molar-refractivity contribution in [3.05, 3.63) is 63.6 Å². The average Bonchev–Trinajstić information content (AvgIpc) is 2.76. The summed E-state index contributed by atoms with van der Waals surface area (Å²) in [6, 6.07) is 14.8. The van der Waals surface area contributed by atoms with Crippen molar-refractivity contribution in [1.82, 2.24) is 4.98 Å². The van der Waals surface area contributed by atoms with Gasteiger partial charge in [0.15, 0.2) is 0 Å². The Kier molecular flexibility index (Phi) is 3.55. The van der Waals surface area contributed by atoms with Gasteiger partial charge in [-0.15, -0.1) is 11.3 Å². The van der Waals surface area contributed by atoms with Crippen LogP contribution in [0.5, 0.6) is 0 Å². The highest BCUT2D eigenvalue weighted by Gasteiger charge is 2.11. The van der Waals surface area contributed by atoms with E-state index in [4.69, 9.17) is 5.73 Å². The number of rotatable bonds is 3. The molecule has 0 fully saturated rings. The van der Waals surface area contributed by atoms with Crippen LogP contribution in [0.15, 0.2) is 42.5 Å². The van der Waals surface area contributed by atoms with Crippen molar-refractivity contribution in [2.24, 2.45) is 5.73 Å². The van der Waals surface area contributed by atoms with Gasteiger partial charge in [-0.3, -0.25) is 0 Å². The first-order valence-electron chi connectivity index (χ1n) is 6.80. The molecule has 0 aliphatic carbocycles. The molecule has 0 bridgehead atoms. The molecule has 1 unspecified atom stereocenters. The molecule has 0 radical (unpaired) electrons. The van der Waals surface area contributed by atoms with E-state index in [1.54, 1.807) is 11.3 Å². The SMILES string of the molecule is Cc1nc(CC(N)c2ccc3ccccc3c2)sc1C. The summed E-state index contributed by atoms with van der Waals surface area (Å²) in [5.41, 5.74) is 8.64. The number of hydrogen-bond acceptors (Lipinski definition) is 3. The van der Waals surface area contributed by atoms with Crippen molar-refractivity contribution < 1.29 is 0 Å². The van der Waals surface area contributed by atoms with Gasteiger partial charge in [-0.2, -0.15) is 0 Å². The molecule has 20 heavy (non-hydrogen) atoms. The van der Waals surface area contributed by atoms with E-state index in [2.05, 4.69) is 61.3 Å². The van der Waals surface area contributed by atoms with E-state index in [0.717, 1.165) is 17.1 Å². The summed E-state index contributed by atoms with van der Waals surface area (Å²) in [4.78, 5) is 5.86. The van der Waals surface area contributed by atoms with Crippen molar-refractivity contribution in [3.8, 4) is 0 Å². The summed E-state index contributed by atoms with van der Waals surface area (Å²) < 4.78 is 0. The number of aryl methyl sites for hydroxylation is 2. The highest BCUT2D eigenvalue weighted by Crippen LogP contribution is 2.24. The van der Waals surface area contributed by atoms with Gasteiger partial charge in [-0.05, 0) is 36.2 Å². The molecule has 2 N–H and O–H groups in total. The van der Waals surface area contributed by atoms with Crippen molar-refractivity contribution in [2.45, 2.75) is 26.3 Å². The van der Waals surface area contributed by atoms with E-state index in [9.17, 15) is 0 Å². The molecule has 1 atom stereocenters. The van der Waals surface area contributed by atoms with Crippen molar-refractivity contribution in [2.75, 3.05) is 0 Å². The molecule has 0 aliphatic rings. The molecule has 102 valence electrons. The number of nitrogens with two attached hydrogens (primary N) is 1. The minimum absolute atomic E-state index is 0.00422. The molecule has 1 aromatic heterocycles. The zero-order chi connectivity index (χ0) is 14.1. The Morgan fingerprint density at radius 2 is 1.85 bits per heavy atom. The second-order valence-corrected chi connectivity index (χ2v) is 6.45. The van der Waals surface area contributed by atoms with E-state index >= 15 is 0 Å². The van der Waals surface area contributed by atoms with Crippen LogP contribution in [0.1, 0.15) is 27.2 Å². The van der Waals surface area contributed by atoms with Crippen LogP contribution in [-0.4, -0.2) is 4.98 Å². The third kappa shape index (κ3) is 2.60. The number of hydrogen-bond donors (Lipinski definition) is 1. The number of thiazole rings is 1. The predicted octanol–water partition coefficient (Wildman–Crippen LogP) is 4.16. The molecule has 2 nitrogen and oxygen atoms in total. The Balaban J connectivity index is 1.86. The van der Waals surface area contributed by atoms with Crippen LogP contribution in [0.4, 0.5) is 0 Å². The van der Waals surface area contributed by atoms with E-state index in [1.807, 2.05) is 0 Å². The van der Waals surface area contributed by atoms with Crippen LogP contribution in [0.2, 0.25) is 0 Å². The molecular formula is C17H18N2S. The topological polar surface area (TPSA) is 38.9 Å². The Morgan fingerprint density at radius 3 is 2.55 bits per heavy atom. The Hall–Kier alpha value is -1.71. The van der Waals surface area contributed by atoms with Crippen LogP contribution in [0, 0.1) is 13.8 Å². The fourth-order valence-electron chi connectivity index (χ4n) is 2.37. The largest absolute Gasteiger partial charge is 0.324 e. The molecule has 2 aromatic carbocycles. The fourth-order valence-corrected chi connectivity index (χ4v) is 3.36. The molecule has 3 aromatic rings. The monoisotopic (exact) mass is 282 g/mol. The average molecular weight is 282 g/mol. The van der Waals surface area contributed by atoms with E-state index < -0.39 is 0 Å². The maximum atomic E-state index is 6.34. The summed E-state index contributed by atoms with van der Waals surface area (Å²) in [6.45, 7) is 4.16. The highest BCUT2D eigenvalue weighted by molar-refractivity contribution is 7.11. The molecule has 3 rings (SSSR count). The van der Waals surface area contributed by atoms with Gasteiger partial charge in [0, 0.05) is 17.3 Å². The first-order chi connectivity index (χ1) is 9.63. The molecule has 0 amide bonds. The Morgan fingerprint density at radius 1 is 1.10 bits per heavy atom. The molecule has 0 saturated carbocycles. The summed E-state index contributed by atoms with van der Waals surface area (Å²) in [6.07, 6.45) is 0.803. The van der Waals surface area contributed by atoms with Gasteiger partial charge in [0.1, 0.15) is 0 Å². The van der Waals surface area contributed by atoms with Crippen molar-refractivity contribution >= 4 is 22.1 Å². The summed E-state index contributed by atoms with van der Waals surface area (Å²) in [7, 11) is 0. The first-order valence-corrected chi connectivity index (χ1v) is 7.62. The van der Waals surface area contributed by atoms with Crippen LogP contribution in [0.3, 0.4) is 0 Å².